The number of benzene rings is 2. The van der Waals surface area contributed by atoms with Crippen LogP contribution in [0.4, 0.5) is 0 Å². The molecule has 160 valence electrons. The van der Waals surface area contributed by atoms with Crippen LogP contribution in [0.15, 0.2) is 59.5 Å². The molecule has 3 rings (SSSR count). The van der Waals surface area contributed by atoms with Crippen molar-refractivity contribution in [3.8, 4) is 0 Å². The minimum Gasteiger partial charge on any atom is -0.466 e. The Morgan fingerprint density at radius 1 is 1.17 bits per heavy atom. The van der Waals surface area contributed by atoms with Crippen molar-refractivity contribution in [1.82, 2.24) is 4.31 Å². The van der Waals surface area contributed by atoms with Crippen molar-refractivity contribution in [2.24, 2.45) is 5.92 Å². The van der Waals surface area contributed by atoms with Gasteiger partial charge < -0.3 is 4.74 Å². The number of sulfonamides is 1. The van der Waals surface area contributed by atoms with Crippen molar-refractivity contribution < 1.29 is 22.9 Å². The summed E-state index contributed by atoms with van der Waals surface area (Å²) in [5.74, 6) is -1.37. The summed E-state index contributed by atoms with van der Waals surface area (Å²) >= 11 is 0. The number of esters is 1. The average molecular weight is 432 g/mol. The molecule has 0 spiro atoms. The van der Waals surface area contributed by atoms with Crippen LogP contribution in [0.1, 0.15) is 30.5 Å². The van der Waals surface area contributed by atoms with Crippen molar-refractivity contribution in [2.75, 3.05) is 13.2 Å². The third kappa shape index (κ3) is 4.36. The van der Waals surface area contributed by atoms with Gasteiger partial charge in [-0.3, -0.25) is 14.9 Å². The van der Waals surface area contributed by atoms with Gasteiger partial charge in [0.15, 0.2) is 0 Å². The van der Waals surface area contributed by atoms with Gasteiger partial charge in [0.2, 0.25) is 16.1 Å². The third-order valence-corrected chi connectivity index (χ3v) is 7.14. The largest absolute Gasteiger partial charge is 0.466 e. The molecule has 8 nitrogen and oxygen atoms in total. The van der Waals surface area contributed by atoms with Gasteiger partial charge in [-0.2, -0.15) is 4.31 Å². The van der Waals surface area contributed by atoms with Gasteiger partial charge in [-0.15, -0.1) is 0 Å². The van der Waals surface area contributed by atoms with Crippen molar-refractivity contribution in [3.05, 3.63) is 75.8 Å². The first kappa shape index (κ1) is 21.9. The van der Waals surface area contributed by atoms with Crippen LogP contribution in [0.3, 0.4) is 0 Å². The van der Waals surface area contributed by atoms with Crippen LogP contribution in [-0.4, -0.2) is 42.8 Å². The van der Waals surface area contributed by atoms with Crippen LogP contribution >= 0.6 is 0 Å². The standard InChI is InChI=1S/C21H24N2O6S/c1-3-29-19(24)13-17-14-22(30(27,28)18-11-9-15(2)10-12-18)20(21(17)23(25)26)16-7-5-4-6-8-16/h4-12,17,20-21H,3,13-14H2,1-2H3/t17-,20+,21-/m1/s1. The summed E-state index contributed by atoms with van der Waals surface area (Å²) < 4.78 is 33.0. The predicted molar refractivity (Wildman–Crippen MR) is 110 cm³/mol. The first-order chi connectivity index (χ1) is 14.3. The summed E-state index contributed by atoms with van der Waals surface area (Å²) in [7, 11) is -4.02. The second kappa shape index (κ2) is 8.93. The fraction of sp³-hybridized carbons (Fsp3) is 0.381. The molecular formula is C21H24N2O6S. The number of aryl methyl sites for hydroxylation is 1. The van der Waals surface area contributed by atoms with E-state index in [1.165, 1.54) is 12.1 Å². The number of carbonyl (C=O) groups is 1. The van der Waals surface area contributed by atoms with E-state index in [-0.39, 0.29) is 24.5 Å². The van der Waals surface area contributed by atoms with Gasteiger partial charge in [0.05, 0.1) is 23.8 Å². The molecule has 9 heteroatoms. The smallest absolute Gasteiger partial charge is 0.306 e. The molecule has 0 bridgehead atoms. The van der Waals surface area contributed by atoms with Gasteiger partial charge in [0.25, 0.3) is 0 Å². The van der Waals surface area contributed by atoms with Crippen LogP contribution < -0.4 is 0 Å². The van der Waals surface area contributed by atoms with E-state index in [9.17, 15) is 23.3 Å². The van der Waals surface area contributed by atoms with E-state index in [2.05, 4.69) is 0 Å². The normalized spacial score (nSPS) is 22.0. The van der Waals surface area contributed by atoms with Crippen molar-refractivity contribution in [3.63, 3.8) is 0 Å². The fourth-order valence-electron chi connectivity index (χ4n) is 3.89. The highest BCUT2D eigenvalue weighted by Crippen LogP contribution is 2.42. The molecule has 1 aliphatic rings. The van der Waals surface area contributed by atoms with E-state index < -0.39 is 38.9 Å². The summed E-state index contributed by atoms with van der Waals surface area (Å²) in [5.41, 5.74) is 1.42. The maximum atomic E-state index is 13.4. The minimum absolute atomic E-state index is 0.0629. The Hall–Kier alpha value is -2.78. The quantitative estimate of drug-likeness (QED) is 0.378. The second-order valence-corrected chi connectivity index (χ2v) is 9.18. The van der Waals surface area contributed by atoms with Gasteiger partial charge in [0, 0.05) is 11.5 Å². The maximum Gasteiger partial charge on any atom is 0.306 e. The van der Waals surface area contributed by atoms with E-state index in [4.69, 9.17) is 4.74 Å². The van der Waals surface area contributed by atoms with E-state index in [0.29, 0.717) is 5.56 Å². The lowest BCUT2D eigenvalue weighted by Crippen LogP contribution is -2.36. The molecule has 1 aliphatic heterocycles. The average Bonchev–Trinajstić information content (AvgIpc) is 3.09. The van der Waals surface area contributed by atoms with E-state index in [0.717, 1.165) is 9.87 Å². The Balaban J connectivity index is 2.07. The molecule has 0 aliphatic carbocycles. The van der Waals surface area contributed by atoms with Gasteiger partial charge >= 0.3 is 5.97 Å². The number of rotatable bonds is 7. The molecule has 1 heterocycles. The fourth-order valence-corrected chi connectivity index (χ4v) is 5.58. The lowest BCUT2D eigenvalue weighted by molar-refractivity contribution is -0.532. The maximum absolute atomic E-state index is 13.4. The zero-order chi connectivity index (χ0) is 21.9. The van der Waals surface area contributed by atoms with Crippen molar-refractivity contribution in [1.29, 1.82) is 0 Å². The van der Waals surface area contributed by atoms with E-state index in [1.807, 2.05) is 6.92 Å². The Bertz CT molecular complexity index is 1010. The van der Waals surface area contributed by atoms with E-state index in [1.54, 1.807) is 49.4 Å². The predicted octanol–water partition coefficient (Wildman–Crippen LogP) is 2.96. The molecule has 1 saturated heterocycles. The van der Waals surface area contributed by atoms with Crippen LogP contribution in [0, 0.1) is 23.0 Å². The molecule has 30 heavy (non-hydrogen) atoms. The molecule has 0 radical (unpaired) electrons. The Morgan fingerprint density at radius 2 is 1.80 bits per heavy atom. The van der Waals surface area contributed by atoms with Gasteiger partial charge in [-0.1, -0.05) is 48.0 Å². The summed E-state index contributed by atoms with van der Waals surface area (Å²) in [4.78, 5) is 23.7. The molecule has 0 aromatic heterocycles. The highest BCUT2D eigenvalue weighted by molar-refractivity contribution is 7.89. The zero-order valence-corrected chi connectivity index (χ0v) is 17.6. The molecule has 3 atom stereocenters. The molecule has 0 amide bonds. The molecular weight excluding hydrogens is 408 g/mol. The number of nitrogens with zero attached hydrogens (tertiary/aromatic N) is 2. The number of hydrogen-bond acceptors (Lipinski definition) is 6. The van der Waals surface area contributed by atoms with Crippen LogP contribution in [0.5, 0.6) is 0 Å². The number of carbonyl (C=O) groups excluding carboxylic acids is 1. The highest BCUT2D eigenvalue weighted by Gasteiger charge is 2.55. The van der Waals surface area contributed by atoms with E-state index >= 15 is 0 Å². The topological polar surface area (TPSA) is 107 Å². The minimum atomic E-state index is -4.02. The van der Waals surface area contributed by atoms with Crippen LogP contribution in [-0.2, 0) is 19.6 Å². The number of hydrogen-bond donors (Lipinski definition) is 0. The Morgan fingerprint density at radius 3 is 2.37 bits per heavy atom. The lowest BCUT2D eigenvalue weighted by atomic mass is 9.92. The number of ether oxygens (including phenoxy) is 1. The highest BCUT2D eigenvalue weighted by atomic mass is 32.2. The van der Waals surface area contributed by atoms with Crippen molar-refractivity contribution >= 4 is 16.0 Å². The summed E-state index contributed by atoms with van der Waals surface area (Å²) in [6.45, 7) is 3.51. The first-order valence-corrected chi connectivity index (χ1v) is 11.1. The summed E-state index contributed by atoms with van der Waals surface area (Å²) in [5, 5.41) is 12.0. The third-order valence-electron chi connectivity index (χ3n) is 5.28. The zero-order valence-electron chi connectivity index (χ0n) is 16.8. The van der Waals surface area contributed by atoms with Crippen molar-refractivity contribution in [2.45, 2.75) is 37.2 Å². The molecule has 0 saturated carbocycles. The Kier molecular flexibility index (Phi) is 6.52. The van der Waals surface area contributed by atoms with Gasteiger partial charge in [-0.25, -0.2) is 8.42 Å². The second-order valence-electron chi connectivity index (χ2n) is 7.29. The lowest BCUT2D eigenvalue weighted by Gasteiger charge is -2.24. The molecule has 0 N–H and O–H groups in total. The molecule has 1 fully saturated rings. The summed E-state index contributed by atoms with van der Waals surface area (Å²) in [6, 6.07) is 12.6. The van der Waals surface area contributed by atoms with Gasteiger partial charge in [0.1, 0.15) is 6.04 Å². The monoisotopic (exact) mass is 432 g/mol. The molecule has 2 aromatic rings. The Labute approximate surface area is 175 Å². The van der Waals surface area contributed by atoms with Crippen LogP contribution in [0.25, 0.3) is 0 Å². The SMILES string of the molecule is CCOC(=O)C[C@@H]1CN(S(=O)(=O)c2ccc(C)cc2)[C@@H](c2ccccc2)[C@@H]1[N+](=O)[O-]. The number of nitro groups is 1. The summed E-state index contributed by atoms with van der Waals surface area (Å²) in [6.07, 6.45) is -0.220. The molecule has 0 unspecified atom stereocenters. The van der Waals surface area contributed by atoms with Gasteiger partial charge in [-0.05, 0) is 31.5 Å². The first-order valence-electron chi connectivity index (χ1n) is 9.68. The molecule has 2 aromatic carbocycles. The van der Waals surface area contributed by atoms with Crippen LogP contribution in [0.2, 0.25) is 0 Å².